The van der Waals surface area contributed by atoms with E-state index < -0.39 is 8.48 Å². The molecule has 18 heavy (non-hydrogen) atoms. The summed E-state index contributed by atoms with van der Waals surface area (Å²) >= 11 is 0. The minimum absolute atomic E-state index is 0.155. The molecule has 1 rings (SSSR count). The van der Waals surface area contributed by atoms with Gasteiger partial charge in [-0.3, -0.25) is 0 Å². The Morgan fingerprint density at radius 3 is 2.61 bits per heavy atom. The smallest absolute Gasteiger partial charge is 0.358 e. The molecule has 0 aliphatic carbocycles. The molecule has 0 saturated carbocycles. The van der Waals surface area contributed by atoms with Crippen LogP contribution >= 0.6 is 0 Å². The molecule has 1 aliphatic rings. The minimum Gasteiger partial charge on any atom is -0.511 e. The Labute approximate surface area is 110 Å². The fourth-order valence-electron chi connectivity index (χ4n) is 2.57. The van der Waals surface area contributed by atoms with Gasteiger partial charge in [0.15, 0.2) is 0 Å². The molecular formula is C12H23N3O2Si. The van der Waals surface area contributed by atoms with Crippen molar-refractivity contribution in [3.05, 3.63) is 22.5 Å². The second-order valence-electron chi connectivity index (χ2n) is 6.23. The molecule has 6 heteroatoms. The van der Waals surface area contributed by atoms with E-state index in [0.29, 0.717) is 12.6 Å². The predicted octanol–water partition coefficient (Wildman–Crippen LogP) is 4.62. The molecule has 1 heterocycles. The van der Waals surface area contributed by atoms with E-state index >= 15 is 0 Å². The zero-order valence-electron chi connectivity index (χ0n) is 12.1. The zero-order valence-corrected chi connectivity index (χ0v) is 13.1. The lowest BCUT2D eigenvalue weighted by molar-refractivity contribution is 0.0903. The number of nitrogens with zero attached hydrogens (tertiary/aromatic N) is 3. The highest BCUT2D eigenvalue weighted by atomic mass is 28.4. The number of hydrogen-bond donors (Lipinski definition) is 0. The summed E-state index contributed by atoms with van der Waals surface area (Å²) in [6.07, 6.45) is 2.76. The van der Waals surface area contributed by atoms with Gasteiger partial charge in [-0.25, -0.2) is 0 Å². The molecule has 0 radical (unpaired) electrons. The molecule has 0 aromatic rings. The van der Waals surface area contributed by atoms with E-state index in [1.807, 2.05) is 13.0 Å². The fraction of sp³-hybridized carbons (Fsp3) is 0.833. The van der Waals surface area contributed by atoms with Crippen LogP contribution in [0, 0.1) is 0 Å². The normalized spacial score (nSPS) is 26.7. The summed E-state index contributed by atoms with van der Waals surface area (Å²) < 4.78 is 15.7. The molecular weight excluding hydrogens is 246 g/mol. The zero-order chi connectivity index (χ0) is 14.0. The third kappa shape index (κ3) is 2.35. The molecule has 1 unspecified atom stereocenters. The summed E-state index contributed by atoms with van der Waals surface area (Å²) in [6.45, 7) is 12.9. The molecule has 0 aromatic heterocycles. The van der Waals surface area contributed by atoms with Gasteiger partial charge in [0.1, 0.15) is 0 Å². The van der Waals surface area contributed by atoms with Crippen molar-refractivity contribution in [2.45, 2.75) is 58.0 Å². The van der Waals surface area contributed by atoms with Crippen molar-refractivity contribution >= 4 is 8.48 Å². The Morgan fingerprint density at radius 2 is 2.17 bits per heavy atom. The summed E-state index contributed by atoms with van der Waals surface area (Å²) in [5.74, 6) is 0.519. The summed E-state index contributed by atoms with van der Waals surface area (Å²) in [6, 6.07) is 0. The predicted molar refractivity (Wildman–Crippen MR) is 74.1 cm³/mol. The van der Waals surface area contributed by atoms with E-state index in [4.69, 9.17) is 14.7 Å². The van der Waals surface area contributed by atoms with E-state index in [2.05, 4.69) is 44.3 Å². The number of rotatable bonds is 3. The number of ether oxygens (including phenoxy) is 1. The highest BCUT2D eigenvalue weighted by Crippen LogP contribution is 2.57. The fourth-order valence-corrected chi connectivity index (χ4v) is 6.73. The number of allylic oxidation sites excluding steroid dienone is 1. The van der Waals surface area contributed by atoms with Gasteiger partial charge in [-0.2, -0.15) is 0 Å². The lowest BCUT2D eigenvalue weighted by Gasteiger charge is -2.50. The first-order valence-electron chi connectivity index (χ1n) is 6.28. The van der Waals surface area contributed by atoms with Gasteiger partial charge in [0.2, 0.25) is 0 Å². The van der Waals surface area contributed by atoms with Gasteiger partial charge in [-0.15, -0.1) is 0 Å². The maximum absolute atomic E-state index is 8.95. The summed E-state index contributed by atoms with van der Waals surface area (Å²) in [7, 11) is -2.70. The SMILES string of the molecule is CCOC1=CCC(C)(C)[Si](N=[N+]=[N-])(C(C)(C)C)O1. The third-order valence-electron chi connectivity index (χ3n) is 3.43. The van der Waals surface area contributed by atoms with Crippen LogP contribution in [-0.2, 0) is 9.16 Å². The topological polar surface area (TPSA) is 67.2 Å². The lowest BCUT2D eigenvalue weighted by Crippen LogP contribution is -2.55. The third-order valence-corrected chi connectivity index (χ3v) is 8.37. The van der Waals surface area contributed by atoms with Crippen LogP contribution in [0.25, 0.3) is 10.4 Å². The van der Waals surface area contributed by atoms with Crippen molar-refractivity contribution in [3.8, 4) is 0 Å². The van der Waals surface area contributed by atoms with Crippen LogP contribution < -0.4 is 0 Å². The molecule has 0 saturated heterocycles. The minimum atomic E-state index is -2.70. The van der Waals surface area contributed by atoms with Crippen molar-refractivity contribution in [2.24, 2.45) is 4.78 Å². The van der Waals surface area contributed by atoms with Crippen molar-refractivity contribution < 1.29 is 9.16 Å². The average molecular weight is 269 g/mol. The second-order valence-corrected chi connectivity index (χ2v) is 10.8. The van der Waals surface area contributed by atoms with Crippen molar-refractivity contribution in [2.75, 3.05) is 6.61 Å². The Kier molecular flexibility index (Phi) is 4.03. The maximum atomic E-state index is 8.95. The van der Waals surface area contributed by atoms with Crippen LogP contribution in [-0.4, -0.2) is 15.1 Å². The largest absolute Gasteiger partial charge is 0.511 e. The van der Waals surface area contributed by atoms with E-state index in [1.165, 1.54) is 0 Å². The maximum Gasteiger partial charge on any atom is 0.358 e. The van der Waals surface area contributed by atoms with Crippen LogP contribution in [0.15, 0.2) is 16.8 Å². The Balaban J connectivity index is 3.30. The van der Waals surface area contributed by atoms with E-state index in [1.54, 1.807) is 0 Å². The molecule has 1 atom stereocenters. The molecule has 0 aromatic carbocycles. The van der Waals surface area contributed by atoms with Gasteiger partial charge < -0.3 is 9.16 Å². The number of hydrogen-bond acceptors (Lipinski definition) is 3. The summed E-state index contributed by atoms with van der Waals surface area (Å²) in [5, 5.41) is -0.350. The molecule has 0 N–H and O–H groups in total. The van der Waals surface area contributed by atoms with Crippen LogP contribution in [0.4, 0.5) is 0 Å². The first-order valence-corrected chi connectivity index (χ1v) is 8.14. The molecule has 0 fully saturated rings. The van der Waals surface area contributed by atoms with Crippen molar-refractivity contribution in [1.82, 2.24) is 0 Å². The highest BCUT2D eigenvalue weighted by Gasteiger charge is 2.61. The van der Waals surface area contributed by atoms with Gasteiger partial charge in [0, 0.05) is 9.95 Å². The van der Waals surface area contributed by atoms with Gasteiger partial charge in [0.05, 0.1) is 6.61 Å². The van der Waals surface area contributed by atoms with Gasteiger partial charge in [0.25, 0.3) is 5.95 Å². The summed E-state index contributed by atoms with van der Waals surface area (Å²) in [5.41, 5.74) is 8.95. The molecule has 0 bridgehead atoms. The van der Waals surface area contributed by atoms with E-state index in [-0.39, 0.29) is 10.1 Å². The molecule has 102 valence electrons. The molecule has 0 spiro atoms. The first kappa shape index (κ1) is 14.9. The molecule has 5 nitrogen and oxygen atoms in total. The van der Waals surface area contributed by atoms with E-state index in [9.17, 15) is 0 Å². The van der Waals surface area contributed by atoms with Crippen LogP contribution in [0.3, 0.4) is 0 Å². The van der Waals surface area contributed by atoms with Crippen molar-refractivity contribution in [1.29, 1.82) is 0 Å². The lowest BCUT2D eigenvalue weighted by atomic mass is 10.1. The molecule has 1 aliphatic heterocycles. The number of azide groups is 1. The average Bonchev–Trinajstić information content (AvgIpc) is 2.22. The second kappa shape index (κ2) is 4.86. The Morgan fingerprint density at radius 1 is 1.56 bits per heavy atom. The van der Waals surface area contributed by atoms with Gasteiger partial charge in [-0.05, 0) is 30.0 Å². The Bertz CT molecular complexity index is 395. The monoisotopic (exact) mass is 269 g/mol. The van der Waals surface area contributed by atoms with E-state index in [0.717, 1.165) is 6.42 Å². The van der Waals surface area contributed by atoms with Gasteiger partial charge in [-0.1, -0.05) is 39.4 Å². The van der Waals surface area contributed by atoms with Crippen LogP contribution in [0.5, 0.6) is 0 Å². The van der Waals surface area contributed by atoms with Gasteiger partial charge >= 0.3 is 8.48 Å². The quantitative estimate of drug-likeness (QED) is 0.325. The van der Waals surface area contributed by atoms with Crippen molar-refractivity contribution in [3.63, 3.8) is 0 Å². The Hall–Kier alpha value is -1.13. The van der Waals surface area contributed by atoms with Crippen LogP contribution in [0.1, 0.15) is 48.0 Å². The summed E-state index contributed by atoms with van der Waals surface area (Å²) in [4.78, 5) is 3.07. The molecule has 0 amide bonds. The van der Waals surface area contributed by atoms with Crippen LogP contribution in [0.2, 0.25) is 10.1 Å². The standard InChI is InChI=1S/C12H23N3O2Si/c1-7-16-10-8-9-12(5,6)18(17-10,15-14-13)11(2,3)4/h8H,7,9H2,1-6H3. The first-order chi connectivity index (χ1) is 8.20. The highest BCUT2D eigenvalue weighted by molar-refractivity contribution is 6.78.